The van der Waals surface area contributed by atoms with Gasteiger partial charge in [0.1, 0.15) is 5.75 Å². The second-order valence-corrected chi connectivity index (χ2v) is 4.08. The number of carboxylic acids is 1. The number of hydrogen-bond acceptors (Lipinski definition) is 2. The van der Waals surface area contributed by atoms with Crippen molar-refractivity contribution in [3.63, 3.8) is 0 Å². The SMILES string of the molecule is O=C(O)Cc1c(Cl)cc(OC(F)F)cc1Br. The third-order valence-corrected chi connectivity index (χ3v) is 2.71. The van der Waals surface area contributed by atoms with Crippen LogP contribution in [0.3, 0.4) is 0 Å². The quantitative estimate of drug-likeness (QED) is 0.927. The van der Waals surface area contributed by atoms with Gasteiger partial charge in [0.05, 0.1) is 6.42 Å². The molecule has 1 N–H and O–H groups in total. The molecule has 1 aromatic carbocycles. The molecule has 7 heteroatoms. The van der Waals surface area contributed by atoms with E-state index >= 15 is 0 Å². The molecular formula is C9H6BrClF2O3. The zero-order chi connectivity index (χ0) is 12.3. The van der Waals surface area contributed by atoms with Gasteiger partial charge in [0.15, 0.2) is 0 Å². The van der Waals surface area contributed by atoms with Crippen LogP contribution in [0.2, 0.25) is 5.02 Å². The van der Waals surface area contributed by atoms with E-state index in [2.05, 4.69) is 20.7 Å². The number of carboxylic acid groups (broad SMARTS) is 1. The first-order valence-corrected chi connectivity index (χ1v) is 5.21. The molecule has 0 spiro atoms. The van der Waals surface area contributed by atoms with Crippen LogP contribution in [0.15, 0.2) is 16.6 Å². The van der Waals surface area contributed by atoms with Crippen molar-refractivity contribution in [1.82, 2.24) is 0 Å². The molecule has 1 aromatic rings. The fourth-order valence-electron chi connectivity index (χ4n) is 1.07. The van der Waals surface area contributed by atoms with E-state index < -0.39 is 12.6 Å². The van der Waals surface area contributed by atoms with E-state index in [0.717, 1.165) is 6.07 Å². The van der Waals surface area contributed by atoms with Crippen LogP contribution < -0.4 is 4.74 Å². The van der Waals surface area contributed by atoms with Crippen LogP contribution >= 0.6 is 27.5 Å². The van der Waals surface area contributed by atoms with Crippen LogP contribution in [-0.4, -0.2) is 17.7 Å². The zero-order valence-corrected chi connectivity index (χ0v) is 10.1. The molecule has 3 nitrogen and oxygen atoms in total. The second kappa shape index (κ2) is 5.45. The first-order chi connectivity index (χ1) is 7.40. The smallest absolute Gasteiger partial charge is 0.387 e. The molecule has 0 saturated heterocycles. The number of hydrogen-bond donors (Lipinski definition) is 1. The van der Waals surface area contributed by atoms with Crippen LogP contribution in [0, 0.1) is 0 Å². The normalized spacial score (nSPS) is 10.6. The average Bonchev–Trinajstić information content (AvgIpc) is 2.10. The van der Waals surface area contributed by atoms with Crippen molar-refractivity contribution in [3.05, 3.63) is 27.2 Å². The maximum atomic E-state index is 11.9. The summed E-state index contributed by atoms with van der Waals surface area (Å²) < 4.78 is 28.3. The lowest BCUT2D eigenvalue weighted by molar-refractivity contribution is -0.136. The summed E-state index contributed by atoms with van der Waals surface area (Å²) in [5.74, 6) is -1.19. The summed E-state index contributed by atoms with van der Waals surface area (Å²) >= 11 is 8.79. The van der Waals surface area contributed by atoms with Gasteiger partial charge in [-0.3, -0.25) is 4.79 Å². The number of halogens is 4. The van der Waals surface area contributed by atoms with Gasteiger partial charge >= 0.3 is 12.6 Å². The molecule has 1 rings (SSSR count). The predicted octanol–water partition coefficient (Wildman–Crippen LogP) is 3.33. The van der Waals surface area contributed by atoms with Crippen molar-refractivity contribution in [2.75, 3.05) is 0 Å². The third kappa shape index (κ3) is 3.61. The molecule has 0 aliphatic carbocycles. The number of benzene rings is 1. The van der Waals surface area contributed by atoms with Gasteiger partial charge in [-0.25, -0.2) is 0 Å². The molecule has 0 fully saturated rings. The van der Waals surface area contributed by atoms with Gasteiger partial charge in [0.25, 0.3) is 0 Å². The molecule has 0 bridgehead atoms. The molecule has 0 radical (unpaired) electrons. The fraction of sp³-hybridized carbons (Fsp3) is 0.222. The third-order valence-electron chi connectivity index (χ3n) is 1.67. The van der Waals surface area contributed by atoms with Crippen molar-refractivity contribution >= 4 is 33.5 Å². The van der Waals surface area contributed by atoms with E-state index in [1.807, 2.05) is 0 Å². The summed E-state index contributed by atoms with van der Waals surface area (Å²) in [5.41, 5.74) is 0.316. The van der Waals surface area contributed by atoms with Crippen LogP contribution in [0.5, 0.6) is 5.75 Å². The van der Waals surface area contributed by atoms with E-state index in [1.165, 1.54) is 6.07 Å². The molecule has 0 aliphatic heterocycles. The Morgan fingerprint density at radius 3 is 2.62 bits per heavy atom. The Labute approximate surface area is 103 Å². The Hall–Kier alpha value is -0.880. The molecule has 88 valence electrons. The molecule has 0 aliphatic rings. The minimum Gasteiger partial charge on any atom is -0.481 e. The molecule has 0 amide bonds. The van der Waals surface area contributed by atoms with Gasteiger partial charge in [-0.05, 0) is 17.7 Å². The summed E-state index contributed by atoms with van der Waals surface area (Å²) in [6, 6.07) is 2.40. The second-order valence-electron chi connectivity index (χ2n) is 2.81. The monoisotopic (exact) mass is 314 g/mol. The Morgan fingerprint density at radius 1 is 1.56 bits per heavy atom. The molecule has 0 atom stereocenters. The van der Waals surface area contributed by atoms with E-state index in [0.29, 0.717) is 10.0 Å². The topological polar surface area (TPSA) is 46.5 Å². The van der Waals surface area contributed by atoms with Crippen molar-refractivity contribution in [2.24, 2.45) is 0 Å². The summed E-state index contributed by atoms with van der Waals surface area (Å²) in [6.45, 7) is -2.95. The van der Waals surface area contributed by atoms with Gasteiger partial charge in [-0.15, -0.1) is 0 Å². The van der Waals surface area contributed by atoms with E-state index in [1.54, 1.807) is 0 Å². The zero-order valence-electron chi connectivity index (χ0n) is 7.71. The number of alkyl halides is 2. The molecule has 0 unspecified atom stereocenters. The molecule has 0 saturated carbocycles. The maximum absolute atomic E-state index is 11.9. The lowest BCUT2D eigenvalue weighted by atomic mass is 10.1. The maximum Gasteiger partial charge on any atom is 0.387 e. The fourth-order valence-corrected chi connectivity index (χ4v) is 2.04. The van der Waals surface area contributed by atoms with Gasteiger partial charge in [-0.1, -0.05) is 27.5 Å². The summed E-state index contributed by atoms with van der Waals surface area (Å²) in [6.07, 6.45) is -0.297. The summed E-state index contributed by atoms with van der Waals surface area (Å²) in [5, 5.41) is 8.66. The van der Waals surface area contributed by atoms with Gasteiger partial charge in [0, 0.05) is 9.50 Å². The highest BCUT2D eigenvalue weighted by Gasteiger charge is 2.13. The summed E-state index contributed by atoms with van der Waals surface area (Å²) in [4.78, 5) is 10.5. The largest absolute Gasteiger partial charge is 0.481 e. The lowest BCUT2D eigenvalue weighted by Gasteiger charge is -2.09. The standard InChI is InChI=1S/C9H6BrClF2O3/c10-6-1-4(16-9(12)13)2-7(11)5(6)3-8(14)15/h1-2,9H,3H2,(H,14,15). The molecule has 16 heavy (non-hydrogen) atoms. The van der Waals surface area contributed by atoms with E-state index in [9.17, 15) is 13.6 Å². The minimum absolute atomic E-state index is 0.0624. The Morgan fingerprint density at radius 2 is 2.19 bits per heavy atom. The number of ether oxygens (including phenoxy) is 1. The van der Waals surface area contributed by atoms with Crippen LogP contribution in [-0.2, 0) is 11.2 Å². The van der Waals surface area contributed by atoms with E-state index in [4.69, 9.17) is 16.7 Å². The number of aliphatic carboxylic acids is 1. The Bertz CT molecular complexity index is 389. The highest BCUT2D eigenvalue weighted by Crippen LogP contribution is 2.31. The first-order valence-electron chi connectivity index (χ1n) is 4.04. The minimum atomic E-state index is -2.95. The van der Waals surface area contributed by atoms with Crippen molar-refractivity contribution in [3.8, 4) is 5.75 Å². The van der Waals surface area contributed by atoms with E-state index in [-0.39, 0.29) is 17.2 Å². The molecule has 0 aromatic heterocycles. The van der Waals surface area contributed by atoms with Crippen molar-refractivity contribution in [1.29, 1.82) is 0 Å². The Balaban J connectivity index is 3.02. The molecular weight excluding hydrogens is 309 g/mol. The number of carbonyl (C=O) groups is 1. The first kappa shape index (κ1) is 13.2. The lowest BCUT2D eigenvalue weighted by Crippen LogP contribution is -2.04. The summed E-state index contributed by atoms with van der Waals surface area (Å²) in [7, 11) is 0. The predicted molar refractivity (Wildman–Crippen MR) is 57.1 cm³/mol. The van der Waals surface area contributed by atoms with Crippen molar-refractivity contribution < 1.29 is 23.4 Å². The Kier molecular flexibility index (Phi) is 4.49. The highest BCUT2D eigenvalue weighted by atomic mass is 79.9. The molecule has 0 heterocycles. The van der Waals surface area contributed by atoms with Crippen LogP contribution in [0.25, 0.3) is 0 Å². The number of rotatable bonds is 4. The van der Waals surface area contributed by atoms with Crippen LogP contribution in [0.1, 0.15) is 5.56 Å². The van der Waals surface area contributed by atoms with Gasteiger partial charge < -0.3 is 9.84 Å². The van der Waals surface area contributed by atoms with Crippen molar-refractivity contribution in [2.45, 2.75) is 13.0 Å². The highest BCUT2D eigenvalue weighted by molar-refractivity contribution is 9.10. The van der Waals surface area contributed by atoms with Gasteiger partial charge in [0.2, 0.25) is 0 Å². The van der Waals surface area contributed by atoms with Crippen LogP contribution in [0.4, 0.5) is 8.78 Å². The van der Waals surface area contributed by atoms with Gasteiger partial charge in [-0.2, -0.15) is 8.78 Å². The average molecular weight is 315 g/mol.